The second-order valence-electron chi connectivity index (χ2n) is 4.17. The number of hydrogen-bond donors (Lipinski definition) is 0. The Bertz CT molecular complexity index is 705. The van der Waals surface area contributed by atoms with Crippen molar-refractivity contribution in [2.75, 3.05) is 13.2 Å². The summed E-state index contributed by atoms with van der Waals surface area (Å²) in [6.45, 7) is 3.47. The third kappa shape index (κ3) is 3.11. The Morgan fingerprint density at radius 2 is 2.10 bits per heavy atom. The first-order valence-corrected chi connectivity index (χ1v) is 6.36. The van der Waals surface area contributed by atoms with Gasteiger partial charge in [0.1, 0.15) is 29.6 Å². The lowest BCUT2D eigenvalue weighted by Gasteiger charge is -2.08. The fraction of sp³-hybridized carbons (Fsp3) is 0.286. The van der Waals surface area contributed by atoms with Crippen molar-refractivity contribution in [2.24, 2.45) is 0 Å². The lowest BCUT2D eigenvalue weighted by Crippen LogP contribution is -2.09. The van der Waals surface area contributed by atoms with Crippen molar-refractivity contribution in [1.82, 2.24) is 0 Å². The van der Waals surface area contributed by atoms with Gasteiger partial charge in [-0.25, -0.2) is 4.79 Å². The van der Waals surface area contributed by atoms with E-state index in [1.165, 1.54) is 6.92 Å². The first kappa shape index (κ1) is 14.4. The smallest absolute Gasteiger partial charge is 0.355 e. The molecular formula is C14H13ClO5. The van der Waals surface area contributed by atoms with Crippen LogP contribution in [-0.4, -0.2) is 19.2 Å². The maximum absolute atomic E-state index is 11.5. The molecule has 0 aliphatic rings. The number of ether oxygens (including phenoxy) is 2. The van der Waals surface area contributed by atoms with Crippen molar-refractivity contribution in [3.05, 3.63) is 39.2 Å². The number of halogens is 1. The number of carbonyl (C=O) groups excluding carboxylic acids is 1. The normalized spacial score (nSPS) is 10.6. The predicted octanol–water partition coefficient (Wildman–Crippen LogP) is 2.70. The molecule has 0 N–H and O–H groups in total. The summed E-state index contributed by atoms with van der Waals surface area (Å²) in [6.07, 6.45) is 0. The maximum atomic E-state index is 11.5. The Balaban J connectivity index is 2.19. The molecule has 0 spiro atoms. The molecule has 0 aliphatic heterocycles. The highest BCUT2D eigenvalue weighted by atomic mass is 35.5. The molecule has 5 nitrogen and oxygen atoms in total. The number of carbonyl (C=O) groups is 1. The fourth-order valence-corrected chi connectivity index (χ4v) is 1.89. The molecule has 0 unspecified atom stereocenters. The summed E-state index contributed by atoms with van der Waals surface area (Å²) in [5, 5.41) is 0.836. The SMILES string of the molecule is CC(=O)OCCOc1ccc2c(C)c(Cl)c(=O)oc2c1. The Kier molecular flexibility index (Phi) is 4.29. The van der Waals surface area contributed by atoms with Crippen LogP contribution in [0, 0.1) is 6.92 Å². The van der Waals surface area contributed by atoms with Crippen LogP contribution < -0.4 is 10.4 Å². The fourth-order valence-electron chi connectivity index (χ4n) is 1.75. The van der Waals surface area contributed by atoms with Gasteiger partial charge in [-0.1, -0.05) is 11.6 Å². The Labute approximate surface area is 120 Å². The lowest BCUT2D eigenvalue weighted by atomic mass is 10.1. The second-order valence-corrected chi connectivity index (χ2v) is 4.55. The van der Waals surface area contributed by atoms with Crippen LogP contribution in [-0.2, 0) is 9.53 Å². The minimum atomic E-state index is -0.575. The van der Waals surface area contributed by atoms with Crippen LogP contribution in [0.15, 0.2) is 27.4 Å². The van der Waals surface area contributed by atoms with Crippen molar-refractivity contribution >= 4 is 28.5 Å². The summed E-state index contributed by atoms with van der Waals surface area (Å²) in [6, 6.07) is 5.11. The molecule has 106 valence electrons. The molecule has 2 rings (SSSR count). The molecule has 1 aromatic heterocycles. The maximum Gasteiger partial charge on any atom is 0.355 e. The molecule has 0 radical (unpaired) electrons. The number of esters is 1. The topological polar surface area (TPSA) is 65.7 Å². The van der Waals surface area contributed by atoms with Crippen molar-refractivity contribution in [3.63, 3.8) is 0 Å². The molecule has 0 amide bonds. The highest BCUT2D eigenvalue weighted by Gasteiger charge is 2.09. The van der Waals surface area contributed by atoms with Crippen LogP contribution in [0.5, 0.6) is 5.75 Å². The Morgan fingerprint density at radius 1 is 1.35 bits per heavy atom. The number of rotatable bonds is 4. The van der Waals surface area contributed by atoms with Gasteiger partial charge in [-0.05, 0) is 24.6 Å². The first-order chi connectivity index (χ1) is 9.49. The third-order valence-corrected chi connectivity index (χ3v) is 3.16. The third-order valence-electron chi connectivity index (χ3n) is 2.73. The zero-order valence-electron chi connectivity index (χ0n) is 11.1. The molecule has 0 saturated carbocycles. The van der Waals surface area contributed by atoms with Gasteiger partial charge in [-0.3, -0.25) is 4.79 Å². The highest BCUT2D eigenvalue weighted by Crippen LogP contribution is 2.25. The summed E-state index contributed by atoms with van der Waals surface area (Å²) < 4.78 is 15.3. The van der Waals surface area contributed by atoms with Crippen molar-refractivity contribution in [1.29, 1.82) is 0 Å². The van der Waals surface area contributed by atoms with Crippen LogP contribution in [0.2, 0.25) is 5.02 Å². The first-order valence-electron chi connectivity index (χ1n) is 5.98. The van der Waals surface area contributed by atoms with E-state index in [1.807, 2.05) is 0 Å². The van der Waals surface area contributed by atoms with E-state index >= 15 is 0 Å². The van der Waals surface area contributed by atoms with Gasteiger partial charge in [-0.15, -0.1) is 0 Å². The van der Waals surface area contributed by atoms with Gasteiger partial charge in [0.25, 0.3) is 0 Å². The standard InChI is InChI=1S/C14H13ClO5/c1-8-11-4-3-10(19-6-5-18-9(2)16)7-12(11)20-14(17)13(8)15/h3-4,7H,5-6H2,1-2H3. The van der Waals surface area contributed by atoms with Crippen LogP contribution >= 0.6 is 11.6 Å². The van der Waals surface area contributed by atoms with E-state index in [9.17, 15) is 9.59 Å². The van der Waals surface area contributed by atoms with Gasteiger partial charge >= 0.3 is 11.6 Å². The predicted molar refractivity (Wildman–Crippen MR) is 74.4 cm³/mol. The van der Waals surface area contributed by atoms with Crippen molar-refractivity contribution in [3.8, 4) is 5.75 Å². The minimum absolute atomic E-state index is 0.0843. The summed E-state index contributed by atoms with van der Waals surface area (Å²) in [5.74, 6) is 0.165. The minimum Gasteiger partial charge on any atom is -0.490 e. The van der Waals surface area contributed by atoms with E-state index in [0.29, 0.717) is 16.9 Å². The molecule has 0 atom stereocenters. The van der Waals surface area contributed by atoms with E-state index in [-0.39, 0.29) is 24.2 Å². The summed E-state index contributed by atoms with van der Waals surface area (Å²) in [4.78, 5) is 22.1. The zero-order valence-corrected chi connectivity index (χ0v) is 11.8. The summed E-state index contributed by atoms with van der Waals surface area (Å²) >= 11 is 5.84. The van der Waals surface area contributed by atoms with Crippen LogP contribution in [0.3, 0.4) is 0 Å². The molecule has 0 saturated heterocycles. The second kappa shape index (κ2) is 5.96. The van der Waals surface area contributed by atoms with Gasteiger partial charge in [0.15, 0.2) is 0 Å². The van der Waals surface area contributed by atoms with Crippen LogP contribution in [0.25, 0.3) is 11.0 Å². The molecule has 2 aromatic rings. The number of fused-ring (bicyclic) bond motifs is 1. The van der Waals surface area contributed by atoms with Gasteiger partial charge in [0.05, 0.1) is 0 Å². The largest absolute Gasteiger partial charge is 0.490 e. The van der Waals surface area contributed by atoms with E-state index < -0.39 is 5.63 Å². The van der Waals surface area contributed by atoms with Crippen molar-refractivity contribution < 1.29 is 18.7 Å². The van der Waals surface area contributed by atoms with Crippen LogP contribution in [0.1, 0.15) is 12.5 Å². The van der Waals surface area contributed by atoms with E-state index in [1.54, 1.807) is 25.1 Å². The lowest BCUT2D eigenvalue weighted by molar-refractivity contribution is -0.141. The molecule has 6 heteroatoms. The van der Waals surface area contributed by atoms with E-state index in [0.717, 1.165) is 5.39 Å². The molecule has 1 heterocycles. The average molecular weight is 297 g/mol. The molecule has 20 heavy (non-hydrogen) atoms. The Morgan fingerprint density at radius 3 is 2.80 bits per heavy atom. The van der Waals surface area contributed by atoms with Crippen LogP contribution in [0.4, 0.5) is 0 Å². The van der Waals surface area contributed by atoms with Gasteiger partial charge in [0.2, 0.25) is 0 Å². The molecular weight excluding hydrogens is 284 g/mol. The molecule has 0 fully saturated rings. The van der Waals surface area contributed by atoms with Gasteiger partial charge < -0.3 is 13.9 Å². The molecule has 0 aliphatic carbocycles. The highest BCUT2D eigenvalue weighted by molar-refractivity contribution is 6.31. The quantitative estimate of drug-likeness (QED) is 0.493. The number of benzene rings is 1. The van der Waals surface area contributed by atoms with Crippen molar-refractivity contribution in [2.45, 2.75) is 13.8 Å². The number of hydrogen-bond acceptors (Lipinski definition) is 5. The zero-order chi connectivity index (χ0) is 14.7. The Hall–Kier alpha value is -2.01. The number of aryl methyl sites for hydroxylation is 1. The van der Waals surface area contributed by atoms with E-state index in [4.69, 9.17) is 25.5 Å². The van der Waals surface area contributed by atoms with Gasteiger partial charge in [-0.2, -0.15) is 0 Å². The molecule has 0 bridgehead atoms. The summed E-state index contributed by atoms with van der Waals surface area (Å²) in [5.41, 5.74) is 0.500. The van der Waals surface area contributed by atoms with Gasteiger partial charge in [0, 0.05) is 18.4 Å². The monoisotopic (exact) mass is 296 g/mol. The summed E-state index contributed by atoms with van der Waals surface area (Å²) in [7, 11) is 0. The molecule has 1 aromatic carbocycles. The average Bonchev–Trinajstić information content (AvgIpc) is 2.41. The van der Waals surface area contributed by atoms with E-state index in [2.05, 4.69) is 0 Å².